The Bertz CT molecular complexity index is 914. The van der Waals surface area contributed by atoms with E-state index in [0.29, 0.717) is 30.2 Å². The fourth-order valence-electron chi connectivity index (χ4n) is 4.00. The molecule has 0 bridgehead atoms. The molecule has 2 aliphatic heterocycles. The van der Waals surface area contributed by atoms with Gasteiger partial charge < -0.3 is 4.90 Å². The summed E-state index contributed by atoms with van der Waals surface area (Å²) in [5.41, 5.74) is 2.07. The maximum Gasteiger partial charge on any atom is 0.253 e. The van der Waals surface area contributed by atoms with Crippen molar-refractivity contribution in [3.05, 3.63) is 47.2 Å². The lowest BCUT2D eigenvalue weighted by molar-refractivity contribution is -0.117. The highest BCUT2D eigenvalue weighted by atomic mass is 16.2. The smallest absolute Gasteiger partial charge is 0.253 e. The number of hydrogen-bond acceptors (Lipinski definition) is 5. The fourth-order valence-corrected chi connectivity index (χ4v) is 4.00. The summed E-state index contributed by atoms with van der Waals surface area (Å²) >= 11 is 0. The zero-order valence-corrected chi connectivity index (χ0v) is 15.9. The van der Waals surface area contributed by atoms with E-state index in [0.717, 1.165) is 30.6 Å². The Morgan fingerprint density at radius 1 is 1.22 bits per heavy atom. The van der Waals surface area contributed by atoms with Crippen molar-refractivity contribution in [2.24, 2.45) is 0 Å². The van der Waals surface area contributed by atoms with Gasteiger partial charge in [-0.15, -0.1) is 0 Å². The molecule has 7 heteroatoms. The van der Waals surface area contributed by atoms with E-state index in [1.54, 1.807) is 36.5 Å². The minimum Gasteiger partial charge on any atom is -0.338 e. The summed E-state index contributed by atoms with van der Waals surface area (Å²) < 4.78 is 0. The lowest BCUT2D eigenvalue weighted by Gasteiger charge is -2.39. The first-order valence-electron chi connectivity index (χ1n) is 9.23. The standard InChI is InChI=1S/C20H23N5O2/c1-13-15-11-16(26)24(3)17(15)23-19(22-13)20(2)7-4-10-25(12-20)18(27)14-5-8-21-9-6-14/h5-6,8-9H,4,7,10-12H2,1-3H3/t20-/m0/s1. The Labute approximate surface area is 158 Å². The normalized spacial score (nSPS) is 22.1. The molecule has 1 fully saturated rings. The zero-order valence-electron chi connectivity index (χ0n) is 15.9. The van der Waals surface area contributed by atoms with E-state index in [2.05, 4.69) is 11.9 Å². The van der Waals surface area contributed by atoms with Gasteiger partial charge in [-0.25, -0.2) is 9.97 Å². The number of rotatable bonds is 2. The molecule has 2 amide bonds. The topological polar surface area (TPSA) is 79.3 Å². The Morgan fingerprint density at radius 2 is 1.96 bits per heavy atom. The lowest BCUT2D eigenvalue weighted by atomic mass is 9.80. The molecule has 27 heavy (non-hydrogen) atoms. The molecule has 1 saturated heterocycles. The Kier molecular flexibility index (Phi) is 4.17. The molecule has 4 heterocycles. The molecule has 140 valence electrons. The molecule has 0 radical (unpaired) electrons. The number of carbonyl (C=O) groups excluding carboxylic acids is 2. The van der Waals surface area contributed by atoms with Crippen LogP contribution in [0.2, 0.25) is 0 Å². The summed E-state index contributed by atoms with van der Waals surface area (Å²) in [5, 5.41) is 0. The number of pyridine rings is 1. The van der Waals surface area contributed by atoms with Gasteiger partial charge in [0, 0.05) is 54.8 Å². The van der Waals surface area contributed by atoms with Gasteiger partial charge in [-0.3, -0.25) is 19.5 Å². The molecule has 4 rings (SSSR count). The highest BCUT2D eigenvalue weighted by molar-refractivity contribution is 6.00. The van der Waals surface area contributed by atoms with Crippen LogP contribution in [-0.2, 0) is 16.6 Å². The van der Waals surface area contributed by atoms with E-state index in [1.165, 1.54) is 0 Å². The van der Waals surface area contributed by atoms with Gasteiger partial charge >= 0.3 is 0 Å². The van der Waals surface area contributed by atoms with Gasteiger partial charge in [0.05, 0.1) is 6.42 Å². The van der Waals surface area contributed by atoms with Crippen LogP contribution >= 0.6 is 0 Å². The first kappa shape index (κ1) is 17.6. The van der Waals surface area contributed by atoms with Gasteiger partial charge in [0.1, 0.15) is 11.6 Å². The first-order chi connectivity index (χ1) is 12.9. The summed E-state index contributed by atoms with van der Waals surface area (Å²) in [4.78, 5) is 41.9. The first-order valence-corrected chi connectivity index (χ1v) is 9.23. The molecule has 0 N–H and O–H groups in total. The number of piperidine rings is 1. The predicted octanol–water partition coefficient (Wildman–Crippen LogP) is 1.89. The Morgan fingerprint density at radius 3 is 2.70 bits per heavy atom. The number of anilines is 1. The molecule has 7 nitrogen and oxygen atoms in total. The van der Waals surface area contributed by atoms with Crippen LogP contribution in [0.15, 0.2) is 24.5 Å². The zero-order chi connectivity index (χ0) is 19.2. The second-order valence-electron chi connectivity index (χ2n) is 7.69. The number of likely N-dealkylation sites (N-methyl/N-ethyl adjacent to an activating group) is 1. The second-order valence-corrected chi connectivity index (χ2v) is 7.69. The second kappa shape index (κ2) is 6.40. The molecule has 2 aromatic rings. The number of carbonyl (C=O) groups is 2. The molecular weight excluding hydrogens is 342 g/mol. The number of nitrogens with zero attached hydrogens (tertiary/aromatic N) is 5. The molecule has 1 atom stereocenters. The van der Waals surface area contributed by atoms with Gasteiger partial charge in [-0.05, 0) is 31.9 Å². The SMILES string of the molecule is Cc1nc([C@@]2(C)CCCN(C(=O)c3ccncc3)C2)nc2c1CC(=O)N2C. The fraction of sp³-hybridized carbons (Fsp3) is 0.450. The van der Waals surface area contributed by atoms with Crippen molar-refractivity contribution >= 4 is 17.6 Å². The summed E-state index contributed by atoms with van der Waals surface area (Å²) in [6.07, 6.45) is 5.43. The van der Waals surface area contributed by atoms with Crippen molar-refractivity contribution in [1.82, 2.24) is 19.9 Å². The molecule has 0 saturated carbocycles. The number of aromatic nitrogens is 3. The van der Waals surface area contributed by atoms with Crippen molar-refractivity contribution < 1.29 is 9.59 Å². The van der Waals surface area contributed by atoms with Gasteiger partial charge in [-0.2, -0.15) is 0 Å². The van der Waals surface area contributed by atoms with Crippen LogP contribution in [0.25, 0.3) is 0 Å². The number of aryl methyl sites for hydroxylation is 1. The van der Waals surface area contributed by atoms with E-state index in [4.69, 9.17) is 9.97 Å². The Balaban J connectivity index is 1.65. The van der Waals surface area contributed by atoms with Crippen molar-refractivity contribution in [2.75, 3.05) is 25.0 Å². The highest BCUT2D eigenvalue weighted by Crippen LogP contribution is 2.36. The van der Waals surface area contributed by atoms with E-state index in [-0.39, 0.29) is 17.2 Å². The van der Waals surface area contributed by atoms with Crippen molar-refractivity contribution in [1.29, 1.82) is 0 Å². The van der Waals surface area contributed by atoms with E-state index in [1.807, 2.05) is 11.8 Å². The van der Waals surface area contributed by atoms with Crippen molar-refractivity contribution in [3.63, 3.8) is 0 Å². The van der Waals surface area contributed by atoms with Gasteiger partial charge in [0.15, 0.2) is 0 Å². The van der Waals surface area contributed by atoms with Crippen LogP contribution in [0.3, 0.4) is 0 Å². The van der Waals surface area contributed by atoms with Crippen LogP contribution in [-0.4, -0.2) is 51.8 Å². The summed E-state index contributed by atoms with van der Waals surface area (Å²) in [6.45, 7) is 5.32. The van der Waals surface area contributed by atoms with Crippen LogP contribution in [0.5, 0.6) is 0 Å². The quantitative estimate of drug-likeness (QED) is 0.812. The number of fused-ring (bicyclic) bond motifs is 1. The predicted molar refractivity (Wildman–Crippen MR) is 101 cm³/mol. The maximum atomic E-state index is 12.9. The van der Waals surface area contributed by atoms with E-state index >= 15 is 0 Å². The third kappa shape index (κ3) is 2.97. The molecule has 2 aromatic heterocycles. The van der Waals surface area contributed by atoms with E-state index in [9.17, 15) is 9.59 Å². The van der Waals surface area contributed by atoms with Crippen LogP contribution in [0, 0.1) is 6.92 Å². The summed E-state index contributed by atoms with van der Waals surface area (Å²) in [6, 6.07) is 3.48. The monoisotopic (exact) mass is 365 g/mol. The molecule has 2 aliphatic rings. The van der Waals surface area contributed by atoms with Crippen molar-refractivity contribution in [3.8, 4) is 0 Å². The molecule has 0 aliphatic carbocycles. The molecule has 0 aromatic carbocycles. The summed E-state index contributed by atoms with van der Waals surface area (Å²) in [7, 11) is 1.76. The maximum absolute atomic E-state index is 12.9. The lowest BCUT2D eigenvalue weighted by Crippen LogP contribution is -2.48. The number of amides is 2. The van der Waals surface area contributed by atoms with Crippen LogP contribution < -0.4 is 4.90 Å². The Hall–Kier alpha value is -2.83. The van der Waals surface area contributed by atoms with Gasteiger partial charge in [0.2, 0.25) is 5.91 Å². The third-order valence-corrected chi connectivity index (χ3v) is 5.66. The molecule has 0 unspecified atom stereocenters. The number of likely N-dealkylation sites (tertiary alicyclic amines) is 1. The van der Waals surface area contributed by atoms with E-state index < -0.39 is 0 Å². The third-order valence-electron chi connectivity index (χ3n) is 5.66. The van der Waals surface area contributed by atoms with Crippen LogP contribution in [0.4, 0.5) is 5.82 Å². The van der Waals surface area contributed by atoms with Gasteiger partial charge in [-0.1, -0.05) is 6.92 Å². The average molecular weight is 365 g/mol. The molecular formula is C20H23N5O2. The highest BCUT2D eigenvalue weighted by Gasteiger charge is 2.39. The number of hydrogen-bond donors (Lipinski definition) is 0. The summed E-state index contributed by atoms with van der Waals surface area (Å²) in [5.74, 6) is 1.48. The van der Waals surface area contributed by atoms with Crippen molar-refractivity contribution in [2.45, 2.75) is 38.5 Å². The minimum atomic E-state index is -0.340. The largest absolute Gasteiger partial charge is 0.338 e. The average Bonchev–Trinajstić information content (AvgIpc) is 2.97. The van der Waals surface area contributed by atoms with Gasteiger partial charge in [0.25, 0.3) is 5.91 Å². The molecule has 0 spiro atoms. The van der Waals surface area contributed by atoms with Crippen LogP contribution in [0.1, 0.15) is 47.2 Å². The minimum absolute atomic E-state index is 0.00787.